The minimum Gasteiger partial charge on any atom is -0.333 e. The molecule has 0 aromatic heterocycles. The Labute approximate surface area is 66.1 Å². The zero-order valence-corrected chi connectivity index (χ0v) is 6.42. The van der Waals surface area contributed by atoms with Crippen molar-refractivity contribution in [3.8, 4) is 0 Å². The molecule has 2 aliphatic heterocycles. The van der Waals surface area contributed by atoms with Crippen LogP contribution in [0, 0.1) is 0 Å². The number of nitrogens with one attached hydrogen (secondary N) is 1. The van der Waals surface area contributed by atoms with Crippen LogP contribution in [0.15, 0.2) is 12.7 Å². The first kappa shape index (κ1) is 6.85. The summed E-state index contributed by atoms with van der Waals surface area (Å²) in [6.45, 7) is 5.31. The van der Waals surface area contributed by atoms with Gasteiger partial charge in [0.2, 0.25) is 5.91 Å². The third-order valence-corrected chi connectivity index (χ3v) is 2.51. The van der Waals surface area contributed by atoms with Crippen molar-refractivity contribution in [2.24, 2.45) is 0 Å². The van der Waals surface area contributed by atoms with Crippen LogP contribution in [-0.2, 0) is 4.79 Å². The fraction of sp³-hybridized carbons (Fsp3) is 0.625. The van der Waals surface area contributed by atoms with E-state index >= 15 is 0 Å². The van der Waals surface area contributed by atoms with Gasteiger partial charge >= 0.3 is 0 Å². The van der Waals surface area contributed by atoms with Gasteiger partial charge in [0.25, 0.3) is 0 Å². The molecule has 2 fully saturated rings. The second kappa shape index (κ2) is 2.34. The molecule has 2 rings (SSSR count). The molecule has 0 spiro atoms. The first-order valence-electron chi connectivity index (χ1n) is 3.97. The van der Waals surface area contributed by atoms with E-state index in [2.05, 4.69) is 11.9 Å². The largest absolute Gasteiger partial charge is 0.333 e. The number of carbonyl (C=O) groups excluding carboxylic acids is 1. The molecule has 1 N–H and O–H groups in total. The summed E-state index contributed by atoms with van der Waals surface area (Å²) in [6.07, 6.45) is 2.53. The van der Waals surface area contributed by atoms with Crippen LogP contribution in [0.25, 0.3) is 0 Å². The predicted octanol–water partition coefficient (Wildman–Crippen LogP) is -0.255. The van der Waals surface area contributed by atoms with Gasteiger partial charge in [-0.3, -0.25) is 4.79 Å². The van der Waals surface area contributed by atoms with E-state index in [9.17, 15) is 4.79 Å². The molecule has 11 heavy (non-hydrogen) atoms. The Bertz CT molecular complexity index is 202. The summed E-state index contributed by atoms with van der Waals surface area (Å²) < 4.78 is 0. The predicted molar refractivity (Wildman–Crippen MR) is 42.1 cm³/mol. The van der Waals surface area contributed by atoms with Gasteiger partial charge < -0.3 is 10.2 Å². The molecule has 2 saturated heterocycles. The van der Waals surface area contributed by atoms with E-state index in [1.54, 1.807) is 0 Å². The average molecular weight is 152 g/mol. The van der Waals surface area contributed by atoms with E-state index in [1.165, 1.54) is 6.08 Å². The molecule has 0 aromatic rings. The Balaban J connectivity index is 2.07. The second-order valence-electron chi connectivity index (χ2n) is 3.19. The summed E-state index contributed by atoms with van der Waals surface area (Å²) in [4.78, 5) is 13.1. The molecule has 2 aliphatic rings. The monoisotopic (exact) mass is 152 g/mol. The lowest BCUT2D eigenvalue weighted by Crippen LogP contribution is -2.45. The summed E-state index contributed by atoms with van der Waals surface area (Å²) in [5, 5.41) is 3.34. The smallest absolute Gasteiger partial charge is 0.246 e. The SMILES string of the molecule is C=CC(=O)N1CC2CC1CN2. The second-order valence-corrected chi connectivity index (χ2v) is 3.19. The van der Waals surface area contributed by atoms with E-state index in [0.29, 0.717) is 12.1 Å². The normalized spacial score (nSPS) is 34.4. The van der Waals surface area contributed by atoms with Gasteiger partial charge in [0.1, 0.15) is 0 Å². The summed E-state index contributed by atoms with van der Waals surface area (Å²) in [7, 11) is 0. The molecule has 2 unspecified atom stereocenters. The number of likely N-dealkylation sites (tertiary alicyclic amines) is 1. The minimum absolute atomic E-state index is 0.0824. The van der Waals surface area contributed by atoms with Crippen molar-refractivity contribution in [1.29, 1.82) is 0 Å². The summed E-state index contributed by atoms with van der Waals surface area (Å²) in [5.74, 6) is 0.0824. The maximum Gasteiger partial charge on any atom is 0.246 e. The summed E-state index contributed by atoms with van der Waals surface area (Å²) >= 11 is 0. The number of nitrogens with zero attached hydrogens (tertiary/aromatic N) is 1. The Morgan fingerprint density at radius 2 is 2.55 bits per heavy atom. The van der Waals surface area contributed by atoms with Crippen molar-refractivity contribution in [1.82, 2.24) is 10.2 Å². The summed E-state index contributed by atoms with van der Waals surface area (Å²) in [6, 6.07) is 0.981. The number of carbonyl (C=O) groups is 1. The Morgan fingerprint density at radius 1 is 1.73 bits per heavy atom. The van der Waals surface area contributed by atoms with Crippen molar-refractivity contribution in [2.45, 2.75) is 18.5 Å². The number of hydrogen-bond acceptors (Lipinski definition) is 2. The van der Waals surface area contributed by atoms with Crippen LogP contribution in [-0.4, -0.2) is 36.0 Å². The Kier molecular flexibility index (Phi) is 1.46. The minimum atomic E-state index is 0.0824. The van der Waals surface area contributed by atoms with Crippen LogP contribution in [0.4, 0.5) is 0 Å². The van der Waals surface area contributed by atoms with Gasteiger partial charge in [0.05, 0.1) is 0 Å². The number of amides is 1. The Morgan fingerprint density at radius 3 is 3.00 bits per heavy atom. The van der Waals surface area contributed by atoms with Crippen LogP contribution < -0.4 is 5.32 Å². The van der Waals surface area contributed by atoms with Gasteiger partial charge in [-0.05, 0) is 12.5 Å². The van der Waals surface area contributed by atoms with Gasteiger partial charge in [-0.25, -0.2) is 0 Å². The van der Waals surface area contributed by atoms with E-state index in [4.69, 9.17) is 0 Å². The number of fused-ring (bicyclic) bond motifs is 2. The Hall–Kier alpha value is -0.830. The van der Waals surface area contributed by atoms with Crippen LogP contribution in [0.2, 0.25) is 0 Å². The quantitative estimate of drug-likeness (QED) is 0.525. The lowest BCUT2D eigenvalue weighted by Gasteiger charge is -2.25. The maximum absolute atomic E-state index is 11.2. The van der Waals surface area contributed by atoms with Crippen molar-refractivity contribution in [3.63, 3.8) is 0 Å². The van der Waals surface area contributed by atoms with Gasteiger partial charge in [-0.2, -0.15) is 0 Å². The molecule has 0 saturated carbocycles. The highest BCUT2D eigenvalue weighted by molar-refractivity contribution is 5.87. The molecule has 2 heterocycles. The first-order valence-corrected chi connectivity index (χ1v) is 3.97. The van der Waals surface area contributed by atoms with E-state index in [1.807, 2.05) is 4.90 Å². The highest BCUT2D eigenvalue weighted by atomic mass is 16.2. The fourth-order valence-corrected chi connectivity index (χ4v) is 1.95. The van der Waals surface area contributed by atoms with Crippen LogP contribution in [0.3, 0.4) is 0 Å². The van der Waals surface area contributed by atoms with E-state index < -0.39 is 0 Å². The highest BCUT2D eigenvalue weighted by Crippen LogP contribution is 2.22. The number of piperazine rings is 1. The van der Waals surface area contributed by atoms with Crippen molar-refractivity contribution < 1.29 is 4.79 Å². The van der Waals surface area contributed by atoms with Crippen molar-refractivity contribution >= 4 is 5.91 Å². The molecule has 0 radical (unpaired) electrons. The fourth-order valence-electron chi connectivity index (χ4n) is 1.95. The van der Waals surface area contributed by atoms with Crippen LogP contribution in [0.1, 0.15) is 6.42 Å². The summed E-state index contributed by atoms with van der Waals surface area (Å²) in [5.41, 5.74) is 0. The zero-order valence-electron chi connectivity index (χ0n) is 6.42. The van der Waals surface area contributed by atoms with Crippen LogP contribution in [0.5, 0.6) is 0 Å². The van der Waals surface area contributed by atoms with Crippen molar-refractivity contribution in [2.75, 3.05) is 13.1 Å². The lowest BCUT2D eigenvalue weighted by molar-refractivity contribution is -0.127. The average Bonchev–Trinajstić information content (AvgIpc) is 2.62. The molecule has 0 aromatic carbocycles. The third kappa shape index (κ3) is 0.959. The molecule has 2 bridgehead atoms. The van der Waals surface area contributed by atoms with Crippen molar-refractivity contribution in [3.05, 3.63) is 12.7 Å². The number of hydrogen-bond donors (Lipinski definition) is 1. The van der Waals surface area contributed by atoms with Gasteiger partial charge in [-0.15, -0.1) is 0 Å². The highest BCUT2D eigenvalue weighted by Gasteiger charge is 2.38. The van der Waals surface area contributed by atoms with E-state index in [-0.39, 0.29) is 5.91 Å². The lowest BCUT2D eigenvalue weighted by atomic mass is 10.2. The molecule has 2 atom stereocenters. The maximum atomic E-state index is 11.2. The molecular formula is C8H12N2O. The molecule has 0 aliphatic carbocycles. The molecular weight excluding hydrogens is 140 g/mol. The molecule has 60 valence electrons. The van der Waals surface area contributed by atoms with E-state index in [0.717, 1.165) is 19.5 Å². The molecule has 1 amide bonds. The van der Waals surface area contributed by atoms with Crippen LogP contribution >= 0.6 is 0 Å². The van der Waals surface area contributed by atoms with Gasteiger partial charge in [0, 0.05) is 25.2 Å². The third-order valence-electron chi connectivity index (χ3n) is 2.51. The molecule has 3 heteroatoms. The zero-order chi connectivity index (χ0) is 7.84. The standard InChI is InChI=1S/C8H12N2O/c1-2-8(11)10-5-6-3-7(10)4-9-6/h2,6-7,9H,1,3-5H2. The topological polar surface area (TPSA) is 32.3 Å². The number of rotatable bonds is 1. The first-order chi connectivity index (χ1) is 5.31. The molecule has 3 nitrogen and oxygen atoms in total. The van der Waals surface area contributed by atoms with Gasteiger partial charge in [0.15, 0.2) is 0 Å². The van der Waals surface area contributed by atoms with Gasteiger partial charge in [-0.1, -0.05) is 6.58 Å².